The molecule has 0 atom stereocenters. The number of ether oxygens (including phenoxy) is 1. The molecule has 4 nitrogen and oxygen atoms in total. The van der Waals surface area contributed by atoms with E-state index >= 15 is 0 Å². The van der Waals surface area contributed by atoms with Crippen molar-refractivity contribution in [3.05, 3.63) is 29.8 Å². The molecule has 1 aromatic rings. The van der Waals surface area contributed by atoms with Crippen LogP contribution in [0.25, 0.3) is 0 Å². The average molecular weight is 273 g/mol. The Kier molecular flexibility index (Phi) is 9.06. The molecule has 2 N–H and O–H groups in total. The summed E-state index contributed by atoms with van der Waals surface area (Å²) in [7, 11) is 0. The molecule has 0 aliphatic carbocycles. The van der Waals surface area contributed by atoms with E-state index in [4.69, 9.17) is 4.74 Å². The second kappa shape index (κ2) is 9.74. The smallest absolute Gasteiger partial charge is 0.251 e. The summed E-state index contributed by atoms with van der Waals surface area (Å²) < 4.78 is 5.31. The lowest BCUT2D eigenvalue weighted by Crippen LogP contribution is -2.31. The van der Waals surface area contributed by atoms with Gasteiger partial charge in [0.25, 0.3) is 5.91 Å². The fourth-order valence-electron chi connectivity index (χ4n) is 1.41. The second-order valence-corrected chi connectivity index (χ2v) is 3.57. The summed E-state index contributed by atoms with van der Waals surface area (Å²) in [5, 5.41) is 5.99. The molecule has 0 saturated carbocycles. The summed E-state index contributed by atoms with van der Waals surface area (Å²) in [5.74, 6) is 0.739. The minimum atomic E-state index is -0.0500. The molecule has 102 valence electrons. The van der Waals surface area contributed by atoms with E-state index < -0.39 is 0 Å². The van der Waals surface area contributed by atoms with Crippen LogP contribution < -0.4 is 15.4 Å². The lowest BCUT2D eigenvalue weighted by Gasteiger charge is -2.07. The highest BCUT2D eigenvalue weighted by atomic mass is 35.5. The molecule has 0 saturated heterocycles. The van der Waals surface area contributed by atoms with Gasteiger partial charge in [0, 0.05) is 18.7 Å². The van der Waals surface area contributed by atoms with Crippen molar-refractivity contribution in [1.82, 2.24) is 10.6 Å². The zero-order chi connectivity index (χ0) is 12.5. The maximum Gasteiger partial charge on any atom is 0.251 e. The Bertz CT molecular complexity index is 341. The zero-order valence-corrected chi connectivity index (χ0v) is 11.7. The van der Waals surface area contributed by atoms with Crippen molar-refractivity contribution in [2.24, 2.45) is 0 Å². The van der Waals surface area contributed by atoms with E-state index in [1.165, 1.54) is 0 Å². The predicted molar refractivity (Wildman–Crippen MR) is 75.7 cm³/mol. The average Bonchev–Trinajstić information content (AvgIpc) is 2.36. The lowest BCUT2D eigenvalue weighted by atomic mass is 10.2. The Balaban J connectivity index is 0.00000289. The molecule has 0 aliphatic rings. The largest absolute Gasteiger partial charge is 0.494 e. The minimum Gasteiger partial charge on any atom is -0.494 e. The highest BCUT2D eigenvalue weighted by molar-refractivity contribution is 5.94. The van der Waals surface area contributed by atoms with Crippen LogP contribution in [0.2, 0.25) is 0 Å². The van der Waals surface area contributed by atoms with E-state index in [2.05, 4.69) is 10.6 Å². The van der Waals surface area contributed by atoms with Crippen LogP contribution in [0.1, 0.15) is 24.2 Å². The Labute approximate surface area is 115 Å². The minimum absolute atomic E-state index is 0. The molecule has 0 bridgehead atoms. The van der Waals surface area contributed by atoms with E-state index in [0.717, 1.165) is 18.8 Å². The van der Waals surface area contributed by atoms with Crippen molar-refractivity contribution in [3.8, 4) is 5.75 Å². The van der Waals surface area contributed by atoms with E-state index in [1.54, 1.807) is 12.1 Å². The topological polar surface area (TPSA) is 50.4 Å². The fraction of sp³-hybridized carbons (Fsp3) is 0.462. The van der Waals surface area contributed by atoms with Gasteiger partial charge in [-0.2, -0.15) is 0 Å². The lowest BCUT2D eigenvalue weighted by molar-refractivity contribution is 0.0954. The van der Waals surface area contributed by atoms with Crippen LogP contribution in [-0.4, -0.2) is 32.1 Å². The van der Waals surface area contributed by atoms with E-state index in [-0.39, 0.29) is 18.3 Å². The molecule has 0 fully saturated rings. The first kappa shape index (κ1) is 16.7. The van der Waals surface area contributed by atoms with E-state index in [9.17, 15) is 4.79 Å². The number of hydrogen-bond acceptors (Lipinski definition) is 3. The molecule has 1 amide bonds. The molecule has 5 heteroatoms. The molecule has 0 aromatic heterocycles. The molecular weight excluding hydrogens is 252 g/mol. The Morgan fingerprint density at radius 2 is 1.83 bits per heavy atom. The first-order valence-electron chi connectivity index (χ1n) is 5.99. The van der Waals surface area contributed by atoms with Crippen molar-refractivity contribution in [2.45, 2.75) is 13.8 Å². The van der Waals surface area contributed by atoms with Crippen LogP contribution in [0, 0.1) is 0 Å². The first-order valence-corrected chi connectivity index (χ1v) is 5.99. The van der Waals surface area contributed by atoms with Crippen molar-refractivity contribution in [1.29, 1.82) is 0 Å². The number of hydrogen-bond donors (Lipinski definition) is 2. The SMILES string of the molecule is CCNCCNC(=O)c1ccc(OCC)cc1.Cl. The van der Waals surface area contributed by atoms with Gasteiger partial charge in [0.15, 0.2) is 0 Å². The Hall–Kier alpha value is -1.26. The van der Waals surface area contributed by atoms with Crippen LogP contribution in [0.15, 0.2) is 24.3 Å². The molecule has 1 rings (SSSR count). The molecule has 0 unspecified atom stereocenters. The van der Waals surface area contributed by atoms with Crippen molar-refractivity contribution >= 4 is 18.3 Å². The maximum absolute atomic E-state index is 11.7. The predicted octanol–water partition coefficient (Wildman–Crippen LogP) is 1.85. The molecule has 0 radical (unpaired) electrons. The third kappa shape index (κ3) is 5.89. The number of benzene rings is 1. The normalized spacial score (nSPS) is 9.44. The summed E-state index contributed by atoms with van der Waals surface area (Å²) in [6, 6.07) is 7.16. The summed E-state index contributed by atoms with van der Waals surface area (Å²) in [5.41, 5.74) is 0.657. The van der Waals surface area contributed by atoms with Gasteiger partial charge in [0.05, 0.1) is 6.61 Å². The van der Waals surface area contributed by atoms with Gasteiger partial charge in [0.1, 0.15) is 5.75 Å². The number of rotatable bonds is 7. The summed E-state index contributed by atoms with van der Waals surface area (Å²) in [6.07, 6.45) is 0. The molecular formula is C13H21ClN2O2. The first-order chi connectivity index (χ1) is 8.27. The number of halogens is 1. The maximum atomic E-state index is 11.7. The van der Waals surface area contributed by atoms with Gasteiger partial charge >= 0.3 is 0 Å². The van der Waals surface area contributed by atoms with E-state index in [1.807, 2.05) is 26.0 Å². The summed E-state index contributed by atoms with van der Waals surface area (Å²) in [4.78, 5) is 11.7. The third-order valence-electron chi connectivity index (χ3n) is 2.26. The summed E-state index contributed by atoms with van der Waals surface area (Å²) in [6.45, 7) is 6.95. The Morgan fingerprint density at radius 3 is 2.39 bits per heavy atom. The van der Waals surface area contributed by atoms with Crippen molar-refractivity contribution in [3.63, 3.8) is 0 Å². The monoisotopic (exact) mass is 272 g/mol. The fourth-order valence-corrected chi connectivity index (χ4v) is 1.41. The van der Waals surface area contributed by atoms with Gasteiger partial charge in [-0.15, -0.1) is 12.4 Å². The molecule has 0 heterocycles. The number of amides is 1. The van der Waals surface area contributed by atoms with Crippen molar-refractivity contribution < 1.29 is 9.53 Å². The third-order valence-corrected chi connectivity index (χ3v) is 2.26. The van der Waals surface area contributed by atoms with Crippen LogP contribution in [0.5, 0.6) is 5.75 Å². The highest BCUT2D eigenvalue weighted by Gasteiger charge is 2.04. The van der Waals surface area contributed by atoms with Gasteiger partial charge in [-0.1, -0.05) is 6.92 Å². The van der Waals surface area contributed by atoms with Gasteiger partial charge in [0.2, 0.25) is 0 Å². The van der Waals surface area contributed by atoms with Crippen LogP contribution >= 0.6 is 12.4 Å². The molecule has 0 aliphatic heterocycles. The molecule has 0 spiro atoms. The van der Waals surface area contributed by atoms with Gasteiger partial charge < -0.3 is 15.4 Å². The van der Waals surface area contributed by atoms with E-state index in [0.29, 0.717) is 18.7 Å². The zero-order valence-electron chi connectivity index (χ0n) is 10.9. The highest BCUT2D eigenvalue weighted by Crippen LogP contribution is 2.11. The standard InChI is InChI=1S/C13H20N2O2.ClH/c1-3-14-9-10-15-13(16)11-5-7-12(8-6-11)17-4-2;/h5-8,14H,3-4,9-10H2,1-2H3,(H,15,16);1H. The van der Waals surface area contributed by atoms with Crippen molar-refractivity contribution in [2.75, 3.05) is 26.2 Å². The quantitative estimate of drug-likeness (QED) is 0.745. The molecule has 1 aromatic carbocycles. The van der Waals surface area contributed by atoms with Crippen LogP contribution in [0.4, 0.5) is 0 Å². The molecule has 18 heavy (non-hydrogen) atoms. The number of likely N-dealkylation sites (N-methyl/N-ethyl adjacent to an activating group) is 1. The second-order valence-electron chi connectivity index (χ2n) is 3.57. The summed E-state index contributed by atoms with van der Waals surface area (Å²) >= 11 is 0. The van der Waals surface area contributed by atoms with Crippen LogP contribution in [0.3, 0.4) is 0 Å². The van der Waals surface area contributed by atoms with Crippen LogP contribution in [-0.2, 0) is 0 Å². The van der Waals surface area contributed by atoms with Gasteiger partial charge in [-0.25, -0.2) is 0 Å². The number of carbonyl (C=O) groups excluding carboxylic acids is 1. The Morgan fingerprint density at radius 1 is 1.17 bits per heavy atom. The van der Waals surface area contributed by atoms with Gasteiger partial charge in [-0.3, -0.25) is 4.79 Å². The van der Waals surface area contributed by atoms with Gasteiger partial charge in [-0.05, 0) is 37.7 Å². The number of carbonyl (C=O) groups is 1. The number of nitrogens with one attached hydrogen (secondary N) is 2.